The fraction of sp³-hybridized carbons (Fsp3) is 0.111. The van der Waals surface area contributed by atoms with Crippen LogP contribution in [0.1, 0.15) is 6.92 Å². The van der Waals surface area contributed by atoms with Gasteiger partial charge in [-0.25, -0.2) is 4.79 Å². The third-order valence-corrected chi connectivity index (χ3v) is 5.00. The Hall–Kier alpha value is -4.14. The van der Waals surface area contributed by atoms with Gasteiger partial charge in [-0.3, -0.25) is 0 Å². The lowest BCUT2D eigenvalue weighted by Gasteiger charge is -2.13. The minimum atomic E-state index is -6.00. The zero-order valence-corrected chi connectivity index (χ0v) is 19.6. The van der Waals surface area contributed by atoms with E-state index in [1.165, 1.54) is 0 Å². The van der Waals surface area contributed by atoms with Gasteiger partial charge in [0.05, 0.1) is 6.61 Å². The molecule has 0 radical (unpaired) electrons. The van der Waals surface area contributed by atoms with E-state index in [9.17, 15) is 22.1 Å². The van der Waals surface area contributed by atoms with Crippen molar-refractivity contribution in [3.8, 4) is 33.6 Å². The zero-order chi connectivity index (χ0) is 26.0. The number of hydrogen-bond acceptors (Lipinski definition) is 3. The maximum absolute atomic E-state index is 12.1. The lowest BCUT2D eigenvalue weighted by Crippen LogP contribution is -2.51. The Morgan fingerprint density at radius 2 is 1.11 bits per heavy atom. The molecule has 4 nitrogen and oxygen atoms in total. The lowest BCUT2D eigenvalue weighted by atomic mass is 10.00. The molecule has 3 aromatic carbocycles. The van der Waals surface area contributed by atoms with Gasteiger partial charge in [-0.15, -0.1) is 0 Å². The van der Waals surface area contributed by atoms with Crippen LogP contribution >= 0.6 is 0 Å². The van der Waals surface area contributed by atoms with E-state index >= 15 is 0 Å². The summed E-state index contributed by atoms with van der Waals surface area (Å²) in [6.07, 6.45) is 0. The summed E-state index contributed by atoms with van der Waals surface area (Å²) in [6, 6.07) is 35.0. The molecule has 0 fully saturated rings. The molecule has 0 saturated carbocycles. The number of benzene rings is 3. The number of ether oxygens (including phenoxy) is 1. The number of halogens is 4. The topological polar surface area (TPSA) is 42.2 Å². The number of nitrogens with one attached hydrogen (secondary N) is 1. The quantitative estimate of drug-likeness (QED) is 0.140. The first-order valence-corrected chi connectivity index (χ1v) is 11.3. The van der Waals surface area contributed by atoms with E-state index in [2.05, 4.69) is 54.0 Å². The van der Waals surface area contributed by atoms with Gasteiger partial charge in [0, 0.05) is 23.3 Å². The van der Waals surface area contributed by atoms with Crippen molar-refractivity contribution in [1.29, 1.82) is 0 Å². The summed E-state index contributed by atoms with van der Waals surface area (Å²) in [6.45, 7) is 2.24. The molecule has 36 heavy (non-hydrogen) atoms. The van der Waals surface area contributed by atoms with Crippen molar-refractivity contribution in [2.75, 3.05) is 18.6 Å². The molecule has 0 atom stereocenters. The van der Waals surface area contributed by atoms with E-state index in [4.69, 9.17) is 4.74 Å². The molecule has 0 bridgehead atoms. The molecule has 4 rings (SSSR count). The van der Waals surface area contributed by atoms with Crippen LogP contribution in [0.2, 0.25) is 0 Å². The first kappa shape index (κ1) is 26.5. The number of pyridine rings is 1. The monoisotopic (exact) mass is 496 g/mol. The largest absolute Gasteiger partial charge is 0.673 e. The van der Waals surface area contributed by atoms with Crippen molar-refractivity contribution in [2.45, 2.75) is 6.92 Å². The van der Waals surface area contributed by atoms with Gasteiger partial charge < -0.3 is 22.0 Å². The van der Waals surface area contributed by atoms with Gasteiger partial charge in [-0.05, 0) is 42.3 Å². The fourth-order valence-corrected chi connectivity index (χ4v) is 3.56. The van der Waals surface area contributed by atoms with E-state index in [0.29, 0.717) is 6.61 Å². The average Bonchev–Trinajstić information content (AvgIpc) is 2.88. The highest BCUT2D eigenvalue weighted by Gasteiger charge is 2.24. The van der Waals surface area contributed by atoms with Gasteiger partial charge in [0.1, 0.15) is 0 Å². The second kappa shape index (κ2) is 12.5. The van der Waals surface area contributed by atoms with Crippen LogP contribution in [0, 0.1) is 0 Å². The SMILES string of the molecule is CCOC(=O)CN[n+]1c(-c2ccccc2)cc(-c2ccccc2)cc1-c1ccccc1.F[B-](F)(F)F. The van der Waals surface area contributed by atoms with Gasteiger partial charge in [0.2, 0.25) is 11.4 Å². The predicted molar refractivity (Wildman–Crippen MR) is 134 cm³/mol. The van der Waals surface area contributed by atoms with Crippen LogP contribution in [0.15, 0.2) is 103 Å². The molecule has 9 heteroatoms. The zero-order valence-electron chi connectivity index (χ0n) is 19.6. The summed E-state index contributed by atoms with van der Waals surface area (Å²) in [7, 11) is -6.00. The molecule has 186 valence electrons. The Labute approximate surface area is 207 Å². The summed E-state index contributed by atoms with van der Waals surface area (Å²) < 4.78 is 46.1. The smallest absolute Gasteiger partial charge is 0.465 e. The summed E-state index contributed by atoms with van der Waals surface area (Å²) in [4.78, 5) is 12.1. The molecule has 0 saturated heterocycles. The Morgan fingerprint density at radius 1 is 0.722 bits per heavy atom. The van der Waals surface area contributed by atoms with E-state index in [0.717, 1.165) is 33.6 Å². The number of hydrogen-bond donors (Lipinski definition) is 1. The summed E-state index contributed by atoms with van der Waals surface area (Å²) >= 11 is 0. The van der Waals surface area contributed by atoms with E-state index in [1.807, 2.05) is 66.2 Å². The van der Waals surface area contributed by atoms with Crippen molar-refractivity contribution in [3.63, 3.8) is 0 Å². The molecule has 1 aromatic heterocycles. The minimum absolute atomic E-state index is 0.0723. The molecule has 0 unspecified atom stereocenters. The normalized spacial score (nSPS) is 10.7. The molecule has 4 aromatic rings. The lowest BCUT2D eigenvalue weighted by molar-refractivity contribution is -0.626. The maximum Gasteiger partial charge on any atom is 0.673 e. The number of carbonyl (C=O) groups is 1. The summed E-state index contributed by atoms with van der Waals surface area (Å²) in [5.74, 6) is -0.292. The van der Waals surface area contributed by atoms with Crippen LogP contribution in [0.5, 0.6) is 0 Å². The van der Waals surface area contributed by atoms with Gasteiger partial charge in [0.25, 0.3) is 0 Å². The first-order valence-electron chi connectivity index (χ1n) is 11.3. The molecule has 0 spiro atoms. The van der Waals surface area contributed by atoms with E-state index in [1.54, 1.807) is 0 Å². The highest BCUT2D eigenvalue weighted by molar-refractivity contribution is 6.50. The molecule has 1 N–H and O–H groups in total. The van der Waals surface area contributed by atoms with Gasteiger partial charge in [-0.2, -0.15) is 5.43 Å². The molecule has 0 aliphatic heterocycles. The first-order chi connectivity index (χ1) is 17.3. The van der Waals surface area contributed by atoms with Gasteiger partial charge >= 0.3 is 13.2 Å². The third kappa shape index (κ3) is 7.97. The standard InChI is InChI=1S/C27H25N2O2.BF4/c1-2-31-27(30)20-28-29-25(22-14-8-4-9-15-22)18-24(21-12-6-3-7-13-21)19-26(29)23-16-10-5-11-17-23;2-1(3,4)5/h3-19,28H,2,20H2,1H3;/q+1;-1. The number of carbonyl (C=O) groups excluding carboxylic acids is 1. The van der Waals surface area contributed by atoms with Crippen molar-refractivity contribution >= 4 is 13.2 Å². The van der Waals surface area contributed by atoms with E-state index in [-0.39, 0.29) is 12.5 Å². The Balaban J connectivity index is 0.000000658. The Morgan fingerprint density at radius 3 is 1.50 bits per heavy atom. The van der Waals surface area contributed by atoms with E-state index < -0.39 is 7.25 Å². The summed E-state index contributed by atoms with van der Waals surface area (Å²) in [5, 5.41) is 0. The van der Waals surface area contributed by atoms with Crippen molar-refractivity contribution in [1.82, 2.24) is 0 Å². The number of rotatable bonds is 7. The van der Waals surface area contributed by atoms with Crippen molar-refractivity contribution < 1.29 is 31.5 Å². The van der Waals surface area contributed by atoms with Gasteiger partial charge in [-0.1, -0.05) is 71.4 Å². The highest BCUT2D eigenvalue weighted by Crippen LogP contribution is 2.28. The summed E-state index contributed by atoms with van der Waals surface area (Å²) in [5.41, 5.74) is 9.55. The highest BCUT2D eigenvalue weighted by atomic mass is 19.5. The average molecular weight is 496 g/mol. The maximum atomic E-state index is 12.1. The molecular formula is C27H25BF4N2O2. The minimum Gasteiger partial charge on any atom is -0.465 e. The number of esters is 1. The second-order valence-electron chi connectivity index (χ2n) is 7.58. The number of nitrogens with zero attached hydrogens (tertiary/aromatic N) is 1. The fourth-order valence-electron chi connectivity index (χ4n) is 3.56. The Kier molecular flexibility index (Phi) is 9.22. The molecule has 1 heterocycles. The predicted octanol–water partition coefficient (Wildman–Crippen LogP) is 6.38. The molecule has 0 aliphatic carbocycles. The van der Waals surface area contributed by atoms with Crippen LogP contribution in [-0.4, -0.2) is 26.4 Å². The van der Waals surface area contributed by atoms with Crippen molar-refractivity contribution in [3.05, 3.63) is 103 Å². The van der Waals surface area contributed by atoms with Crippen LogP contribution in [0.3, 0.4) is 0 Å². The van der Waals surface area contributed by atoms with Crippen LogP contribution in [0.4, 0.5) is 17.3 Å². The second-order valence-corrected chi connectivity index (χ2v) is 7.58. The number of aromatic nitrogens is 1. The van der Waals surface area contributed by atoms with Gasteiger partial charge in [0.15, 0.2) is 6.54 Å². The van der Waals surface area contributed by atoms with Crippen LogP contribution in [0.25, 0.3) is 33.6 Å². The van der Waals surface area contributed by atoms with Crippen LogP contribution < -0.4 is 10.1 Å². The van der Waals surface area contributed by atoms with Crippen molar-refractivity contribution in [2.24, 2.45) is 0 Å². The van der Waals surface area contributed by atoms with Crippen LogP contribution in [-0.2, 0) is 9.53 Å². The Bertz CT molecular complexity index is 1190. The molecule has 0 aliphatic rings. The third-order valence-electron chi connectivity index (χ3n) is 5.00. The molecular weight excluding hydrogens is 471 g/mol. The molecule has 0 amide bonds.